The first-order chi connectivity index (χ1) is 18.0. The molecular weight excluding hydrogens is 546 g/mol. The zero-order valence-electron chi connectivity index (χ0n) is 19.9. The molecule has 1 N–H and O–H groups in total. The molecule has 0 aliphatic carbocycles. The highest BCUT2D eigenvalue weighted by Crippen LogP contribution is 2.29. The minimum Gasteiger partial charge on any atom is -0.322 e. The van der Waals surface area contributed by atoms with Crippen molar-refractivity contribution in [2.45, 2.75) is 4.90 Å². The van der Waals surface area contributed by atoms with Crippen LogP contribution in [0, 0.1) is 0 Å². The summed E-state index contributed by atoms with van der Waals surface area (Å²) in [4.78, 5) is 33.8. The SMILES string of the molecule is CSc1ccc(/C=C2\N=C(c3ccccc3)N(c3ccc(C(=O)Nc4ccc(Br)cc4)cc3)C2=O)cc1. The average Bonchev–Trinajstić information content (AvgIpc) is 3.26. The second kappa shape index (κ2) is 11.0. The molecule has 0 spiro atoms. The third kappa shape index (κ3) is 5.58. The molecule has 7 heteroatoms. The molecule has 0 saturated carbocycles. The summed E-state index contributed by atoms with van der Waals surface area (Å²) in [7, 11) is 0. The Morgan fingerprint density at radius 3 is 2.22 bits per heavy atom. The van der Waals surface area contributed by atoms with Crippen molar-refractivity contribution in [1.29, 1.82) is 0 Å². The fraction of sp³-hybridized carbons (Fsp3) is 0.0333. The van der Waals surface area contributed by atoms with Gasteiger partial charge in [-0.15, -0.1) is 11.8 Å². The topological polar surface area (TPSA) is 61.8 Å². The molecule has 0 aromatic heterocycles. The summed E-state index contributed by atoms with van der Waals surface area (Å²) in [5.41, 5.74) is 3.90. The Morgan fingerprint density at radius 1 is 0.892 bits per heavy atom. The van der Waals surface area contributed by atoms with E-state index in [4.69, 9.17) is 4.99 Å². The number of thioether (sulfide) groups is 1. The van der Waals surface area contributed by atoms with E-state index in [1.54, 1.807) is 47.0 Å². The Bertz CT molecular complexity index is 1500. The quantitative estimate of drug-likeness (QED) is 0.197. The summed E-state index contributed by atoms with van der Waals surface area (Å²) in [6, 6.07) is 31.9. The standard InChI is InChI=1S/C30H22BrN3O2S/c1-37-26-17-7-20(8-18-26)19-27-30(36)34(28(33-27)21-5-3-2-4-6-21)25-15-9-22(10-16-25)29(35)32-24-13-11-23(31)12-14-24/h2-19H,1H3,(H,32,35)/b27-19-. The van der Waals surface area contributed by atoms with Gasteiger partial charge in [-0.05, 0) is 78.6 Å². The number of amides is 2. The molecule has 0 atom stereocenters. The Labute approximate surface area is 228 Å². The van der Waals surface area contributed by atoms with E-state index in [0.717, 1.165) is 20.5 Å². The number of amidine groups is 1. The van der Waals surface area contributed by atoms with Crippen molar-refractivity contribution in [3.63, 3.8) is 0 Å². The van der Waals surface area contributed by atoms with Gasteiger partial charge in [0.25, 0.3) is 11.8 Å². The normalized spacial score (nSPS) is 14.1. The molecule has 182 valence electrons. The molecule has 0 saturated heterocycles. The Kier molecular flexibility index (Phi) is 7.35. The predicted molar refractivity (Wildman–Crippen MR) is 155 cm³/mol. The molecule has 1 aliphatic rings. The number of aliphatic imine (C=N–C) groups is 1. The molecule has 4 aromatic carbocycles. The molecule has 1 aliphatic heterocycles. The largest absolute Gasteiger partial charge is 0.322 e. The molecule has 0 fully saturated rings. The van der Waals surface area contributed by atoms with Gasteiger partial charge in [0.1, 0.15) is 11.5 Å². The number of carbonyl (C=O) groups is 2. The van der Waals surface area contributed by atoms with Crippen LogP contribution in [-0.2, 0) is 4.79 Å². The lowest BCUT2D eigenvalue weighted by Gasteiger charge is -2.19. The van der Waals surface area contributed by atoms with Crippen molar-refractivity contribution in [3.8, 4) is 0 Å². The Balaban J connectivity index is 1.44. The zero-order chi connectivity index (χ0) is 25.8. The number of hydrogen-bond donors (Lipinski definition) is 1. The third-order valence-corrected chi connectivity index (χ3v) is 7.07. The summed E-state index contributed by atoms with van der Waals surface area (Å²) in [6.45, 7) is 0. The van der Waals surface area contributed by atoms with E-state index >= 15 is 0 Å². The lowest BCUT2D eigenvalue weighted by molar-refractivity contribution is -0.113. The van der Waals surface area contributed by atoms with Gasteiger partial charge in [-0.3, -0.25) is 14.5 Å². The van der Waals surface area contributed by atoms with E-state index in [2.05, 4.69) is 21.2 Å². The predicted octanol–water partition coefficient (Wildman–Crippen LogP) is 7.26. The summed E-state index contributed by atoms with van der Waals surface area (Å²) in [5.74, 6) is 0.0948. The molecule has 1 heterocycles. The van der Waals surface area contributed by atoms with Crippen LogP contribution in [0.2, 0.25) is 0 Å². The average molecular weight is 568 g/mol. The van der Waals surface area contributed by atoms with E-state index in [1.807, 2.05) is 85.1 Å². The van der Waals surface area contributed by atoms with Gasteiger partial charge in [-0.2, -0.15) is 0 Å². The number of carbonyl (C=O) groups excluding carboxylic acids is 2. The van der Waals surface area contributed by atoms with Gasteiger partial charge >= 0.3 is 0 Å². The van der Waals surface area contributed by atoms with Gasteiger partial charge in [-0.25, -0.2) is 4.99 Å². The van der Waals surface area contributed by atoms with E-state index in [-0.39, 0.29) is 11.8 Å². The van der Waals surface area contributed by atoms with Gasteiger partial charge < -0.3 is 5.32 Å². The monoisotopic (exact) mass is 567 g/mol. The first-order valence-electron chi connectivity index (χ1n) is 11.5. The van der Waals surface area contributed by atoms with Crippen molar-refractivity contribution in [3.05, 3.63) is 130 Å². The van der Waals surface area contributed by atoms with Gasteiger partial charge in [0, 0.05) is 26.2 Å². The molecule has 0 unspecified atom stereocenters. The molecule has 0 radical (unpaired) electrons. The minimum atomic E-state index is -0.229. The molecule has 0 bridgehead atoms. The second-order valence-corrected chi connectivity index (χ2v) is 10.0. The fourth-order valence-electron chi connectivity index (χ4n) is 3.89. The molecular formula is C30H22BrN3O2S. The first kappa shape index (κ1) is 24.7. The van der Waals surface area contributed by atoms with Gasteiger partial charge in [0.2, 0.25) is 0 Å². The number of nitrogens with one attached hydrogen (secondary N) is 1. The smallest absolute Gasteiger partial charge is 0.282 e. The summed E-state index contributed by atoms with van der Waals surface area (Å²) in [6.07, 6.45) is 3.83. The summed E-state index contributed by atoms with van der Waals surface area (Å²) >= 11 is 5.06. The molecule has 2 amide bonds. The van der Waals surface area contributed by atoms with Crippen LogP contribution in [0.1, 0.15) is 21.5 Å². The van der Waals surface area contributed by atoms with Crippen LogP contribution in [0.25, 0.3) is 6.08 Å². The maximum atomic E-state index is 13.6. The van der Waals surface area contributed by atoms with Crippen LogP contribution in [0.15, 0.2) is 123 Å². The van der Waals surface area contributed by atoms with Crippen molar-refractivity contribution in [2.24, 2.45) is 4.99 Å². The van der Waals surface area contributed by atoms with Crippen molar-refractivity contribution in [1.82, 2.24) is 0 Å². The fourth-order valence-corrected chi connectivity index (χ4v) is 4.57. The zero-order valence-corrected chi connectivity index (χ0v) is 22.3. The van der Waals surface area contributed by atoms with E-state index in [0.29, 0.717) is 28.5 Å². The lowest BCUT2D eigenvalue weighted by Crippen LogP contribution is -2.32. The maximum absolute atomic E-state index is 13.6. The number of benzene rings is 4. The first-order valence-corrected chi connectivity index (χ1v) is 13.5. The van der Waals surface area contributed by atoms with Crippen LogP contribution < -0.4 is 10.2 Å². The molecule has 5 rings (SSSR count). The highest BCUT2D eigenvalue weighted by Gasteiger charge is 2.32. The van der Waals surface area contributed by atoms with Crippen molar-refractivity contribution < 1.29 is 9.59 Å². The number of anilines is 2. The highest BCUT2D eigenvalue weighted by molar-refractivity contribution is 9.10. The molecule has 4 aromatic rings. The van der Waals surface area contributed by atoms with E-state index in [1.165, 1.54) is 0 Å². The van der Waals surface area contributed by atoms with Crippen molar-refractivity contribution in [2.75, 3.05) is 16.5 Å². The second-order valence-electron chi connectivity index (χ2n) is 8.25. The van der Waals surface area contributed by atoms with Crippen LogP contribution in [0.5, 0.6) is 0 Å². The number of rotatable bonds is 6. The van der Waals surface area contributed by atoms with E-state index < -0.39 is 0 Å². The summed E-state index contributed by atoms with van der Waals surface area (Å²) < 4.78 is 0.936. The van der Waals surface area contributed by atoms with Crippen LogP contribution in [0.4, 0.5) is 11.4 Å². The third-order valence-electron chi connectivity index (χ3n) is 5.80. The lowest BCUT2D eigenvalue weighted by atomic mass is 10.1. The number of halogens is 1. The van der Waals surface area contributed by atoms with Gasteiger partial charge in [-0.1, -0.05) is 58.4 Å². The van der Waals surface area contributed by atoms with Gasteiger partial charge in [0.15, 0.2) is 0 Å². The number of hydrogen-bond acceptors (Lipinski definition) is 4. The minimum absolute atomic E-state index is 0.222. The van der Waals surface area contributed by atoms with Crippen LogP contribution >= 0.6 is 27.7 Å². The molecule has 37 heavy (non-hydrogen) atoms. The van der Waals surface area contributed by atoms with E-state index in [9.17, 15) is 9.59 Å². The highest BCUT2D eigenvalue weighted by atomic mass is 79.9. The Morgan fingerprint density at radius 2 is 1.57 bits per heavy atom. The number of nitrogens with zero attached hydrogens (tertiary/aromatic N) is 2. The Hall–Kier alpha value is -3.94. The maximum Gasteiger partial charge on any atom is 0.282 e. The summed E-state index contributed by atoms with van der Waals surface area (Å²) in [5, 5.41) is 2.89. The van der Waals surface area contributed by atoms with Crippen LogP contribution in [0.3, 0.4) is 0 Å². The van der Waals surface area contributed by atoms with Crippen molar-refractivity contribution >= 4 is 62.8 Å². The molecule has 5 nitrogen and oxygen atoms in total. The van der Waals surface area contributed by atoms with Crippen LogP contribution in [-0.4, -0.2) is 23.9 Å². The van der Waals surface area contributed by atoms with Gasteiger partial charge in [0.05, 0.1) is 5.69 Å².